The second kappa shape index (κ2) is 11.5. The van der Waals surface area contributed by atoms with Crippen molar-refractivity contribution in [1.29, 1.82) is 0 Å². The van der Waals surface area contributed by atoms with Crippen LogP contribution >= 0.6 is 0 Å². The van der Waals surface area contributed by atoms with Crippen molar-refractivity contribution in [2.45, 2.75) is 33.1 Å². The molecular formula is C9H21N. The summed E-state index contributed by atoms with van der Waals surface area (Å²) in [5.74, 6) is 0.764. The van der Waals surface area contributed by atoms with E-state index in [1.54, 1.807) is 0 Å². The van der Waals surface area contributed by atoms with Crippen LogP contribution in [0.15, 0.2) is 12.7 Å². The Bertz CT molecular complexity index is 59.7. The van der Waals surface area contributed by atoms with Gasteiger partial charge in [0.2, 0.25) is 0 Å². The largest absolute Gasteiger partial charge is 0.333 e. The summed E-state index contributed by atoms with van der Waals surface area (Å²) in [6.07, 6.45) is 5.89. The molecule has 0 saturated carbocycles. The van der Waals surface area contributed by atoms with E-state index in [4.69, 9.17) is 0 Å². The predicted octanol–water partition coefficient (Wildman–Crippen LogP) is 2.57. The molecule has 62 valence electrons. The topological polar surface area (TPSA) is 26.0 Å². The van der Waals surface area contributed by atoms with E-state index in [0.29, 0.717) is 0 Å². The Labute approximate surface area is 65.3 Å². The summed E-state index contributed by atoms with van der Waals surface area (Å²) in [6, 6.07) is 0. The Morgan fingerprint density at radius 2 is 1.90 bits per heavy atom. The Morgan fingerprint density at radius 3 is 2.00 bits per heavy atom. The van der Waals surface area contributed by atoms with E-state index in [1.165, 1.54) is 26.3 Å². The molecule has 0 radical (unpaired) electrons. The maximum Gasteiger partial charge on any atom is -0.0195 e. The molecule has 0 saturated heterocycles. The summed E-state index contributed by atoms with van der Waals surface area (Å²) in [6.45, 7) is 8.18. The number of hydrogen-bond donors (Lipinski definition) is 1. The summed E-state index contributed by atoms with van der Waals surface area (Å²) in [4.78, 5) is 0. The van der Waals surface area contributed by atoms with Crippen LogP contribution in [0.4, 0.5) is 0 Å². The highest BCUT2D eigenvalue weighted by molar-refractivity contribution is 4.76. The van der Waals surface area contributed by atoms with Crippen molar-refractivity contribution in [2.75, 3.05) is 7.05 Å². The van der Waals surface area contributed by atoms with Gasteiger partial charge >= 0.3 is 0 Å². The van der Waals surface area contributed by atoms with E-state index >= 15 is 0 Å². The van der Waals surface area contributed by atoms with Gasteiger partial charge in [-0.25, -0.2) is 0 Å². The van der Waals surface area contributed by atoms with Gasteiger partial charge in [0, 0.05) is 0 Å². The first kappa shape index (κ1) is 12.4. The third-order valence-electron chi connectivity index (χ3n) is 1.52. The minimum atomic E-state index is 0.764. The molecule has 0 spiro atoms. The van der Waals surface area contributed by atoms with Gasteiger partial charge in [0.1, 0.15) is 0 Å². The van der Waals surface area contributed by atoms with E-state index in [9.17, 15) is 0 Å². The quantitative estimate of drug-likeness (QED) is 0.601. The lowest BCUT2D eigenvalue weighted by atomic mass is 10.0. The van der Waals surface area contributed by atoms with Gasteiger partial charge in [0.25, 0.3) is 0 Å². The van der Waals surface area contributed by atoms with Crippen LogP contribution in [0.5, 0.6) is 0 Å². The summed E-state index contributed by atoms with van der Waals surface area (Å²) in [5.41, 5.74) is 4.50. The average molecular weight is 143 g/mol. The third kappa shape index (κ3) is 7.70. The highest BCUT2D eigenvalue weighted by atomic mass is 14.4. The monoisotopic (exact) mass is 143 g/mol. The summed E-state index contributed by atoms with van der Waals surface area (Å²) >= 11 is 0. The molecule has 0 aromatic rings. The summed E-state index contributed by atoms with van der Waals surface area (Å²) in [5, 5.41) is 0. The fraction of sp³-hybridized carbons (Fsp3) is 0.778. The van der Waals surface area contributed by atoms with E-state index in [-0.39, 0.29) is 0 Å². The highest BCUT2D eigenvalue weighted by Gasteiger charge is 1.95. The Hall–Kier alpha value is -0.300. The molecule has 0 rings (SSSR count). The predicted molar refractivity (Wildman–Crippen MR) is 49.0 cm³/mol. The second-order valence-corrected chi connectivity index (χ2v) is 2.19. The minimum absolute atomic E-state index is 0.764. The Balaban J connectivity index is 0. The molecule has 2 N–H and O–H groups in total. The average Bonchev–Trinajstić information content (AvgIpc) is 2.04. The van der Waals surface area contributed by atoms with Gasteiger partial charge in [0.05, 0.1) is 0 Å². The maximum absolute atomic E-state index is 4.50. The molecule has 0 fully saturated rings. The SMILES string of the molecule is C=CC(CC)CCC.CN. The first-order valence-electron chi connectivity index (χ1n) is 4.05. The van der Waals surface area contributed by atoms with Crippen LogP contribution in [0.25, 0.3) is 0 Å². The van der Waals surface area contributed by atoms with E-state index in [2.05, 4.69) is 32.2 Å². The molecule has 0 aliphatic rings. The molecule has 1 atom stereocenters. The molecule has 1 unspecified atom stereocenters. The number of nitrogens with two attached hydrogens (primary N) is 1. The molecule has 0 aliphatic carbocycles. The van der Waals surface area contributed by atoms with Gasteiger partial charge in [-0.1, -0.05) is 26.3 Å². The molecule has 0 aromatic heterocycles. The lowest BCUT2D eigenvalue weighted by Gasteiger charge is -2.04. The number of hydrogen-bond acceptors (Lipinski definition) is 1. The van der Waals surface area contributed by atoms with E-state index < -0.39 is 0 Å². The first-order chi connectivity index (χ1) is 4.85. The van der Waals surface area contributed by atoms with Crippen molar-refractivity contribution in [1.82, 2.24) is 0 Å². The normalized spacial score (nSPS) is 11.2. The lowest BCUT2D eigenvalue weighted by Crippen LogP contribution is -1.90. The van der Waals surface area contributed by atoms with Gasteiger partial charge in [-0.15, -0.1) is 6.58 Å². The zero-order valence-corrected chi connectivity index (χ0v) is 7.56. The van der Waals surface area contributed by atoms with Gasteiger partial charge in [-0.2, -0.15) is 0 Å². The van der Waals surface area contributed by atoms with Crippen molar-refractivity contribution in [3.8, 4) is 0 Å². The molecule has 0 aliphatic heterocycles. The molecule has 10 heavy (non-hydrogen) atoms. The van der Waals surface area contributed by atoms with Gasteiger partial charge in [-0.05, 0) is 25.8 Å². The smallest absolute Gasteiger partial charge is 0.0195 e. The van der Waals surface area contributed by atoms with Crippen molar-refractivity contribution >= 4 is 0 Å². The zero-order valence-electron chi connectivity index (χ0n) is 7.56. The van der Waals surface area contributed by atoms with Gasteiger partial charge in [0.15, 0.2) is 0 Å². The molecule has 0 amide bonds. The second-order valence-electron chi connectivity index (χ2n) is 2.19. The molecule has 1 heteroatoms. The molecule has 0 bridgehead atoms. The molecular weight excluding hydrogens is 122 g/mol. The molecule has 1 nitrogen and oxygen atoms in total. The van der Waals surface area contributed by atoms with Crippen LogP contribution in [-0.4, -0.2) is 7.05 Å². The number of rotatable bonds is 4. The molecule has 0 heterocycles. The van der Waals surface area contributed by atoms with Crippen molar-refractivity contribution in [2.24, 2.45) is 11.7 Å². The summed E-state index contributed by atoms with van der Waals surface area (Å²) in [7, 11) is 1.50. The van der Waals surface area contributed by atoms with E-state index in [1.807, 2.05) is 0 Å². The fourth-order valence-electron chi connectivity index (χ4n) is 0.859. The first-order valence-corrected chi connectivity index (χ1v) is 4.05. The fourth-order valence-corrected chi connectivity index (χ4v) is 0.859. The van der Waals surface area contributed by atoms with Crippen molar-refractivity contribution in [3.63, 3.8) is 0 Å². The Kier molecular flexibility index (Phi) is 14.2. The van der Waals surface area contributed by atoms with Crippen LogP contribution in [-0.2, 0) is 0 Å². The van der Waals surface area contributed by atoms with Crippen LogP contribution in [0, 0.1) is 5.92 Å². The van der Waals surface area contributed by atoms with Crippen LogP contribution in [0.2, 0.25) is 0 Å². The van der Waals surface area contributed by atoms with Gasteiger partial charge in [-0.3, -0.25) is 0 Å². The minimum Gasteiger partial charge on any atom is -0.333 e. The standard InChI is InChI=1S/C8H16.CH5N/c1-4-7-8(5-2)6-3;1-2/h5,8H,2,4,6-7H2,1,3H3;2H2,1H3. The summed E-state index contributed by atoms with van der Waals surface area (Å²) < 4.78 is 0. The Morgan fingerprint density at radius 1 is 1.40 bits per heavy atom. The third-order valence-corrected chi connectivity index (χ3v) is 1.52. The zero-order chi connectivity index (χ0) is 8.41. The molecule has 0 aromatic carbocycles. The van der Waals surface area contributed by atoms with Crippen LogP contribution in [0.3, 0.4) is 0 Å². The van der Waals surface area contributed by atoms with Crippen LogP contribution in [0.1, 0.15) is 33.1 Å². The lowest BCUT2D eigenvalue weighted by molar-refractivity contribution is 0.564. The maximum atomic E-state index is 4.50. The van der Waals surface area contributed by atoms with Gasteiger partial charge < -0.3 is 5.73 Å². The van der Waals surface area contributed by atoms with E-state index in [0.717, 1.165) is 5.92 Å². The van der Waals surface area contributed by atoms with Crippen molar-refractivity contribution in [3.05, 3.63) is 12.7 Å². The van der Waals surface area contributed by atoms with Crippen LogP contribution < -0.4 is 5.73 Å². The van der Waals surface area contributed by atoms with Crippen molar-refractivity contribution < 1.29 is 0 Å². The highest BCUT2D eigenvalue weighted by Crippen LogP contribution is 2.10. The number of allylic oxidation sites excluding steroid dienone is 1.